The molecule has 0 saturated carbocycles. The zero-order valence-electron chi connectivity index (χ0n) is 8.51. The van der Waals surface area contributed by atoms with Crippen molar-refractivity contribution in [3.05, 3.63) is 0 Å². The Balaban J connectivity index is 2.69. The molecule has 1 aliphatic heterocycles. The summed E-state index contributed by atoms with van der Waals surface area (Å²) in [5, 5.41) is 8.82. The molecular weight excluding hydrogens is 222 g/mol. The maximum atomic E-state index is 11.4. The van der Waals surface area contributed by atoms with Crippen molar-refractivity contribution in [3.63, 3.8) is 0 Å². The lowest BCUT2D eigenvalue weighted by Gasteiger charge is -2.34. The van der Waals surface area contributed by atoms with Crippen LogP contribution in [0.25, 0.3) is 0 Å². The van der Waals surface area contributed by atoms with E-state index in [2.05, 4.69) is 0 Å². The molecule has 4 nitrogen and oxygen atoms in total. The smallest absolute Gasteiger partial charge is 0.164 e. The maximum absolute atomic E-state index is 11.4. The molecule has 1 aliphatic rings. The summed E-state index contributed by atoms with van der Waals surface area (Å²) in [4.78, 5) is 1.86. The fraction of sp³-hybridized carbons (Fsp3) is 1.00. The van der Waals surface area contributed by atoms with Crippen molar-refractivity contribution < 1.29 is 13.5 Å². The zero-order chi connectivity index (χ0) is 10.8. The van der Waals surface area contributed by atoms with Gasteiger partial charge in [-0.2, -0.15) is 11.8 Å². The third-order valence-electron chi connectivity index (χ3n) is 2.18. The van der Waals surface area contributed by atoms with Crippen molar-refractivity contribution in [3.8, 4) is 0 Å². The first-order valence-corrected chi connectivity index (χ1v) is 7.71. The van der Waals surface area contributed by atoms with Crippen LogP contribution in [0, 0.1) is 0 Å². The predicted octanol–water partition coefficient (Wildman–Crippen LogP) is -0.213. The van der Waals surface area contributed by atoms with Crippen LogP contribution in [0.15, 0.2) is 0 Å². The van der Waals surface area contributed by atoms with Gasteiger partial charge >= 0.3 is 0 Å². The number of sulfone groups is 1. The SMILES string of the molecule is C[C@@H](O)CN1CCSCC1S(C)(=O)=O. The van der Waals surface area contributed by atoms with Crippen LogP contribution >= 0.6 is 11.8 Å². The lowest BCUT2D eigenvalue weighted by molar-refractivity contribution is 0.124. The van der Waals surface area contributed by atoms with E-state index in [9.17, 15) is 13.5 Å². The molecule has 1 heterocycles. The van der Waals surface area contributed by atoms with E-state index >= 15 is 0 Å². The van der Waals surface area contributed by atoms with Crippen molar-refractivity contribution in [1.29, 1.82) is 0 Å². The van der Waals surface area contributed by atoms with Crippen LogP contribution in [-0.2, 0) is 9.84 Å². The van der Waals surface area contributed by atoms with Gasteiger partial charge in [0.15, 0.2) is 9.84 Å². The van der Waals surface area contributed by atoms with Crippen LogP contribution in [-0.4, -0.2) is 60.8 Å². The molecule has 84 valence electrons. The van der Waals surface area contributed by atoms with E-state index in [1.807, 2.05) is 4.90 Å². The van der Waals surface area contributed by atoms with Crippen LogP contribution in [0.2, 0.25) is 0 Å². The quantitative estimate of drug-likeness (QED) is 0.738. The molecule has 0 amide bonds. The molecule has 1 unspecified atom stereocenters. The predicted molar refractivity (Wildman–Crippen MR) is 59.2 cm³/mol. The fourth-order valence-corrected chi connectivity index (χ4v) is 4.51. The molecule has 0 aromatic carbocycles. The summed E-state index contributed by atoms with van der Waals surface area (Å²) in [6.45, 7) is 2.87. The Morgan fingerprint density at radius 3 is 2.79 bits per heavy atom. The normalized spacial score (nSPS) is 27.5. The summed E-state index contributed by atoms with van der Waals surface area (Å²) < 4.78 is 22.9. The fourth-order valence-electron chi connectivity index (χ4n) is 1.56. The first-order chi connectivity index (χ1) is 6.41. The highest BCUT2D eigenvalue weighted by atomic mass is 32.2. The summed E-state index contributed by atoms with van der Waals surface area (Å²) in [5.74, 6) is 1.56. The zero-order valence-corrected chi connectivity index (χ0v) is 10.1. The highest BCUT2D eigenvalue weighted by molar-refractivity contribution is 8.00. The number of aliphatic hydroxyl groups excluding tert-OH is 1. The van der Waals surface area contributed by atoms with Crippen molar-refractivity contribution in [2.45, 2.75) is 18.4 Å². The van der Waals surface area contributed by atoms with Gasteiger partial charge in [0.2, 0.25) is 0 Å². The van der Waals surface area contributed by atoms with E-state index in [0.29, 0.717) is 12.3 Å². The van der Waals surface area contributed by atoms with E-state index in [0.717, 1.165) is 12.3 Å². The molecule has 2 atom stereocenters. The Morgan fingerprint density at radius 2 is 2.29 bits per heavy atom. The number of aliphatic hydroxyl groups is 1. The second kappa shape index (κ2) is 4.83. The van der Waals surface area contributed by atoms with E-state index < -0.39 is 21.3 Å². The summed E-state index contributed by atoms with van der Waals surface area (Å²) in [6.07, 6.45) is 0.792. The molecule has 1 fully saturated rings. The third kappa shape index (κ3) is 3.42. The lowest BCUT2D eigenvalue weighted by Crippen LogP contribution is -2.49. The summed E-state index contributed by atoms with van der Waals surface area (Å²) in [7, 11) is -3.03. The van der Waals surface area contributed by atoms with E-state index in [1.165, 1.54) is 6.26 Å². The van der Waals surface area contributed by atoms with Gasteiger partial charge in [-0.3, -0.25) is 4.90 Å². The van der Waals surface area contributed by atoms with Gasteiger partial charge < -0.3 is 5.11 Å². The Morgan fingerprint density at radius 1 is 1.64 bits per heavy atom. The topological polar surface area (TPSA) is 57.6 Å². The largest absolute Gasteiger partial charge is 0.392 e. The highest BCUT2D eigenvalue weighted by Gasteiger charge is 2.31. The minimum Gasteiger partial charge on any atom is -0.392 e. The number of hydrogen-bond acceptors (Lipinski definition) is 5. The molecule has 1 N–H and O–H groups in total. The maximum Gasteiger partial charge on any atom is 0.164 e. The van der Waals surface area contributed by atoms with E-state index in [4.69, 9.17) is 0 Å². The van der Waals surface area contributed by atoms with Gasteiger partial charge in [0, 0.05) is 30.9 Å². The van der Waals surface area contributed by atoms with Gasteiger partial charge in [0.05, 0.1) is 6.10 Å². The second-order valence-electron chi connectivity index (χ2n) is 3.70. The second-order valence-corrected chi connectivity index (χ2v) is 7.06. The Bertz CT molecular complexity index is 276. The van der Waals surface area contributed by atoms with E-state index in [-0.39, 0.29) is 0 Å². The molecule has 0 radical (unpaired) electrons. The van der Waals surface area contributed by atoms with Gasteiger partial charge in [0.1, 0.15) is 5.37 Å². The van der Waals surface area contributed by atoms with Crippen molar-refractivity contribution in [1.82, 2.24) is 4.90 Å². The molecule has 0 aromatic heterocycles. The monoisotopic (exact) mass is 239 g/mol. The Labute approximate surface area is 89.6 Å². The summed E-state index contributed by atoms with van der Waals surface area (Å²) in [5.41, 5.74) is 0. The number of nitrogens with zero attached hydrogens (tertiary/aromatic N) is 1. The van der Waals surface area contributed by atoms with Crippen LogP contribution in [0.1, 0.15) is 6.92 Å². The van der Waals surface area contributed by atoms with Gasteiger partial charge in [-0.05, 0) is 6.92 Å². The first kappa shape index (κ1) is 12.3. The number of rotatable bonds is 3. The molecule has 1 rings (SSSR count). The Kier molecular flexibility index (Phi) is 4.24. The molecule has 6 heteroatoms. The molecule has 0 bridgehead atoms. The van der Waals surface area contributed by atoms with E-state index in [1.54, 1.807) is 18.7 Å². The molecule has 0 aromatic rings. The summed E-state index contributed by atoms with van der Waals surface area (Å²) in [6, 6.07) is 0. The minimum absolute atomic E-state index is 0.421. The molecule has 0 aliphatic carbocycles. The molecule has 0 spiro atoms. The average molecular weight is 239 g/mol. The number of β-amino-alcohol motifs (C(OH)–C–C–N with tert-alkyl or cyclic N) is 1. The first-order valence-electron chi connectivity index (χ1n) is 4.60. The lowest BCUT2D eigenvalue weighted by atomic mass is 10.3. The molecule has 14 heavy (non-hydrogen) atoms. The van der Waals surface area contributed by atoms with Gasteiger partial charge in [-0.1, -0.05) is 0 Å². The van der Waals surface area contributed by atoms with Gasteiger partial charge in [-0.25, -0.2) is 8.42 Å². The van der Waals surface area contributed by atoms with Crippen LogP contribution < -0.4 is 0 Å². The van der Waals surface area contributed by atoms with Crippen LogP contribution in [0.4, 0.5) is 0 Å². The highest BCUT2D eigenvalue weighted by Crippen LogP contribution is 2.20. The molecular formula is C8H17NO3S2. The standard InChI is InChI=1S/C8H17NO3S2/c1-7(10)5-9-3-4-13-6-8(9)14(2,11)12/h7-8,10H,3-6H2,1-2H3/t7-,8?/m1/s1. The molecule has 1 saturated heterocycles. The van der Waals surface area contributed by atoms with Crippen molar-refractivity contribution in [2.75, 3.05) is 30.9 Å². The van der Waals surface area contributed by atoms with Crippen molar-refractivity contribution in [2.24, 2.45) is 0 Å². The van der Waals surface area contributed by atoms with Crippen LogP contribution in [0.3, 0.4) is 0 Å². The third-order valence-corrected chi connectivity index (χ3v) is 4.87. The van der Waals surface area contributed by atoms with Gasteiger partial charge in [0.25, 0.3) is 0 Å². The van der Waals surface area contributed by atoms with Crippen LogP contribution in [0.5, 0.6) is 0 Å². The Hall–Kier alpha value is 0.220. The minimum atomic E-state index is -3.03. The summed E-state index contributed by atoms with van der Waals surface area (Å²) >= 11 is 1.66. The number of thioether (sulfide) groups is 1. The number of hydrogen-bond donors (Lipinski definition) is 1. The van der Waals surface area contributed by atoms with Crippen molar-refractivity contribution >= 4 is 21.6 Å². The van der Waals surface area contributed by atoms with Gasteiger partial charge in [-0.15, -0.1) is 0 Å². The average Bonchev–Trinajstić information content (AvgIpc) is 2.01.